The summed E-state index contributed by atoms with van der Waals surface area (Å²) in [5.41, 5.74) is -0.609. The van der Waals surface area contributed by atoms with Crippen LogP contribution in [0.3, 0.4) is 0 Å². The zero-order valence-electron chi connectivity index (χ0n) is 16.4. The van der Waals surface area contributed by atoms with Crippen molar-refractivity contribution in [2.45, 2.75) is 44.0 Å². The lowest BCUT2D eigenvalue weighted by atomic mass is 9.79. The minimum absolute atomic E-state index is 0.104. The van der Waals surface area contributed by atoms with E-state index in [9.17, 15) is 23.1 Å². The van der Waals surface area contributed by atoms with Crippen molar-refractivity contribution in [1.29, 1.82) is 0 Å². The van der Waals surface area contributed by atoms with Crippen LogP contribution in [-0.4, -0.2) is 53.2 Å². The molecule has 0 radical (unpaired) electrons. The number of ether oxygens (including phenoxy) is 2. The van der Waals surface area contributed by atoms with Gasteiger partial charge < -0.3 is 19.9 Å². The monoisotopic (exact) mass is 424 g/mol. The van der Waals surface area contributed by atoms with Gasteiger partial charge >= 0.3 is 12.1 Å². The van der Waals surface area contributed by atoms with E-state index in [1.165, 1.54) is 24.3 Å². The molecule has 4 aliphatic heterocycles. The van der Waals surface area contributed by atoms with Crippen molar-refractivity contribution in [3.63, 3.8) is 0 Å². The Bertz CT molecular complexity index is 858. The lowest BCUT2D eigenvalue weighted by Gasteiger charge is -2.49. The quantitative estimate of drug-likeness (QED) is 0.728. The van der Waals surface area contributed by atoms with E-state index in [2.05, 4.69) is 17.1 Å². The van der Waals surface area contributed by atoms with Crippen molar-refractivity contribution in [3.05, 3.63) is 53.8 Å². The highest BCUT2D eigenvalue weighted by molar-refractivity contribution is 5.94. The van der Waals surface area contributed by atoms with Gasteiger partial charge in [-0.05, 0) is 69.1 Å². The molecule has 0 aliphatic carbocycles. The Balaban J connectivity index is 1.37. The molecule has 2 bridgehead atoms. The third-order valence-electron chi connectivity index (χ3n) is 6.01. The van der Waals surface area contributed by atoms with E-state index in [1.54, 1.807) is 0 Å². The van der Waals surface area contributed by atoms with Crippen LogP contribution in [0.25, 0.3) is 0 Å². The van der Waals surface area contributed by atoms with E-state index in [-0.39, 0.29) is 17.7 Å². The molecular weight excluding hydrogens is 401 g/mol. The van der Waals surface area contributed by atoms with E-state index >= 15 is 0 Å². The van der Waals surface area contributed by atoms with Crippen LogP contribution >= 0.6 is 0 Å². The molecule has 3 saturated heterocycles. The van der Waals surface area contributed by atoms with Crippen LogP contribution in [0.2, 0.25) is 0 Å². The second-order valence-electron chi connectivity index (χ2n) is 7.89. The predicted octanol–water partition coefficient (Wildman–Crippen LogP) is 2.96. The molecular formula is C21H23F3N2O4. The van der Waals surface area contributed by atoms with Gasteiger partial charge in [0.1, 0.15) is 12.0 Å². The average Bonchev–Trinajstić information content (AvgIpc) is 2.71. The number of nitrogens with zero attached hydrogens (tertiary/aromatic N) is 1. The van der Waals surface area contributed by atoms with E-state index in [0.29, 0.717) is 29.9 Å². The standard InChI is InChI=1S/C21H23F3N2O4/c1-13-18(14-7-10-26(13)11-8-14)25-19(27)15-2-4-17(5-3-15)30-20(28)9-6-16(12-29-20)21(22,23)24/h2-6,9,12-14,18,28H,7-8,10-11H2,1H3,(H,25,27)/t13-,18-,20?/m0/s1. The molecule has 5 rings (SSSR count). The minimum atomic E-state index is -4.58. The molecule has 30 heavy (non-hydrogen) atoms. The number of carbonyl (C=O) groups excluding carboxylic acids is 1. The summed E-state index contributed by atoms with van der Waals surface area (Å²) >= 11 is 0. The highest BCUT2D eigenvalue weighted by atomic mass is 19.4. The van der Waals surface area contributed by atoms with E-state index in [0.717, 1.165) is 32.0 Å². The van der Waals surface area contributed by atoms with Crippen molar-refractivity contribution < 1.29 is 32.5 Å². The van der Waals surface area contributed by atoms with Crippen LogP contribution in [0.4, 0.5) is 13.2 Å². The molecule has 0 aromatic heterocycles. The average molecular weight is 424 g/mol. The van der Waals surface area contributed by atoms with Gasteiger partial charge in [-0.1, -0.05) is 0 Å². The number of piperidine rings is 3. The summed E-state index contributed by atoms with van der Waals surface area (Å²) in [6.45, 7) is 4.27. The van der Waals surface area contributed by atoms with E-state index < -0.39 is 17.7 Å². The summed E-state index contributed by atoms with van der Waals surface area (Å²) in [7, 11) is 0. The van der Waals surface area contributed by atoms with Crippen molar-refractivity contribution in [2.24, 2.45) is 5.92 Å². The summed E-state index contributed by atoms with van der Waals surface area (Å²) in [4.78, 5) is 15.0. The first-order valence-electron chi connectivity index (χ1n) is 9.85. The predicted molar refractivity (Wildman–Crippen MR) is 101 cm³/mol. The third-order valence-corrected chi connectivity index (χ3v) is 6.01. The highest BCUT2D eigenvalue weighted by Crippen LogP contribution is 2.33. The molecule has 1 unspecified atom stereocenters. The number of carbonyl (C=O) groups is 1. The number of benzene rings is 1. The number of amides is 1. The van der Waals surface area contributed by atoms with Crippen LogP contribution in [-0.2, 0) is 4.74 Å². The van der Waals surface area contributed by atoms with Crippen LogP contribution < -0.4 is 10.1 Å². The topological polar surface area (TPSA) is 71.0 Å². The van der Waals surface area contributed by atoms with Crippen molar-refractivity contribution in [2.75, 3.05) is 13.1 Å². The van der Waals surface area contributed by atoms with Gasteiger partial charge in [-0.2, -0.15) is 13.2 Å². The number of rotatable bonds is 4. The van der Waals surface area contributed by atoms with Crippen LogP contribution in [0.15, 0.2) is 48.3 Å². The Labute approximate surface area is 171 Å². The van der Waals surface area contributed by atoms with Crippen LogP contribution in [0.1, 0.15) is 30.1 Å². The highest BCUT2D eigenvalue weighted by Gasteiger charge is 2.41. The first-order valence-corrected chi connectivity index (χ1v) is 9.85. The normalized spacial score (nSPS) is 32.9. The fraction of sp³-hybridized carbons (Fsp3) is 0.476. The number of fused-ring (bicyclic) bond motifs is 3. The summed E-state index contributed by atoms with van der Waals surface area (Å²) in [5, 5.41) is 13.3. The lowest BCUT2D eigenvalue weighted by Crippen LogP contribution is -2.62. The Morgan fingerprint density at radius 1 is 1.27 bits per heavy atom. The molecule has 1 aromatic carbocycles. The molecule has 6 nitrogen and oxygen atoms in total. The molecule has 4 heterocycles. The SMILES string of the molecule is C[C@H]1[C@H](NC(=O)c2ccc(OC3(O)C=CC(C(F)(F)F)=CO3)cc2)C2CCN1CC2. The Hall–Kier alpha value is -2.52. The molecule has 0 saturated carbocycles. The molecule has 1 amide bonds. The number of hydrogen-bond donors (Lipinski definition) is 2. The van der Waals surface area contributed by atoms with Crippen molar-refractivity contribution >= 4 is 5.91 Å². The first-order chi connectivity index (χ1) is 14.1. The number of halogens is 3. The minimum Gasteiger partial charge on any atom is -0.434 e. The summed E-state index contributed by atoms with van der Waals surface area (Å²) in [5.74, 6) is -1.93. The second kappa shape index (κ2) is 7.63. The van der Waals surface area contributed by atoms with Gasteiger partial charge in [0, 0.05) is 23.7 Å². The van der Waals surface area contributed by atoms with Gasteiger partial charge in [-0.3, -0.25) is 9.69 Å². The number of nitrogens with one attached hydrogen (secondary N) is 1. The molecule has 1 aromatic rings. The van der Waals surface area contributed by atoms with E-state index in [1.807, 2.05) is 0 Å². The Morgan fingerprint density at radius 3 is 2.47 bits per heavy atom. The smallest absolute Gasteiger partial charge is 0.419 e. The molecule has 3 atom stereocenters. The summed E-state index contributed by atoms with van der Waals surface area (Å²) in [6.07, 6.45) is -0.570. The van der Waals surface area contributed by atoms with Crippen LogP contribution in [0, 0.1) is 5.92 Å². The van der Waals surface area contributed by atoms with Crippen LogP contribution in [0.5, 0.6) is 5.75 Å². The maximum atomic E-state index is 12.7. The van der Waals surface area contributed by atoms with Crippen molar-refractivity contribution in [1.82, 2.24) is 10.2 Å². The Kier molecular flexibility index (Phi) is 5.27. The molecule has 2 N–H and O–H groups in total. The van der Waals surface area contributed by atoms with Gasteiger partial charge in [-0.25, -0.2) is 0 Å². The number of hydrogen-bond acceptors (Lipinski definition) is 5. The van der Waals surface area contributed by atoms with Gasteiger partial charge in [-0.15, -0.1) is 0 Å². The largest absolute Gasteiger partial charge is 0.434 e. The van der Waals surface area contributed by atoms with Gasteiger partial charge in [0.05, 0.1) is 5.57 Å². The maximum absolute atomic E-state index is 12.7. The maximum Gasteiger partial charge on any atom is 0.419 e. The summed E-state index contributed by atoms with van der Waals surface area (Å²) in [6, 6.07) is 6.36. The fourth-order valence-electron chi connectivity index (χ4n) is 4.26. The number of aliphatic hydroxyl groups is 1. The van der Waals surface area contributed by atoms with Gasteiger partial charge in [0.2, 0.25) is 0 Å². The molecule has 3 fully saturated rings. The second-order valence-corrected chi connectivity index (χ2v) is 7.89. The third kappa shape index (κ3) is 4.17. The van der Waals surface area contributed by atoms with Gasteiger partial charge in [0.25, 0.3) is 5.91 Å². The molecule has 0 spiro atoms. The molecule has 9 heteroatoms. The van der Waals surface area contributed by atoms with Crippen molar-refractivity contribution in [3.8, 4) is 5.75 Å². The Morgan fingerprint density at radius 2 is 1.93 bits per heavy atom. The number of alkyl halides is 3. The first kappa shape index (κ1) is 20.7. The number of allylic oxidation sites excluding steroid dienone is 2. The lowest BCUT2D eigenvalue weighted by molar-refractivity contribution is -0.261. The van der Waals surface area contributed by atoms with Gasteiger partial charge in [0.15, 0.2) is 0 Å². The molecule has 4 aliphatic rings. The molecule has 162 valence electrons. The summed E-state index contributed by atoms with van der Waals surface area (Å²) < 4.78 is 47.8. The fourth-order valence-corrected chi connectivity index (χ4v) is 4.26. The zero-order chi connectivity index (χ0) is 21.5. The zero-order valence-corrected chi connectivity index (χ0v) is 16.4. The van der Waals surface area contributed by atoms with E-state index in [4.69, 9.17) is 9.47 Å².